The first kappa shape index (κ1) is 12.7. The van der Waals surface area contributed by atoms with E-state index in [9.17, 15) is 0 Å². The van der Waals surface area contributed by atoms with Crippen molar-refractivity contribution in [3.05, 3.63) is 40.5 Å². The van der Waals surface area contributed by atoms with Gasteiger partial charge in [0.15, 0.2) is 0 Å². The molecule has 0 bridgehead atoms. The molecule has 0 saturated heterocycles. The average molecular weight is 309 g/mol. The highest BCUT2D eigenvalue weighted by Gasteiger charge is 2.06. The second kappa shape index (κ2) is 5.27. The molecule has 94 valence electrons. The van der Waals surface area contributed by atoms with Crippen LogP contribution in [-0.2, 0) is 0 Å². The monoisotopic (exact) mass is 308 g/mol. The quantitative estimate of drug-likeness (QED) is 0.942. The van der Waals surface area contributed by atoms with Gasteiger partial charge < -0.3 is 15.2 Å². The molecular weight excluding hydrogens is 296 g/mol. The van der Waals surface area contributed by atoms with Crippen molar-refractivity contribution in [3.8, 4) is 17.4 Å². The van der Waals surface area contributed by atoms with Gasteiger partial charge in [-0.1, -0.05) is 0 Å². The van der Waals surface area contributed by atoms with E-state index in [2.05, 4.69) is 20.9 Å². The van der Waals surface area contributed by atoms with Crippen LogP contribution in [0.5, 0.6) is 17.4 Å². The maximum absolute atomic E-state index is 5.71. The Morgan fingerprint density at radius 3 is 2.61 bits per heavy atom. The number of anilines is 1. The summed E-state index contributed by atoms with van der Waals surface area (Å²) in [6, 6.07) is 8.98. The maximum Gasteiger partial charge on any atom is 0.219 e. The zero-order chi connectivity index (χ0) is 13.1. The third-order valence-corrected chi connectivity index (χ3v) is 3.07. The molecule has 5 heteroatoms. The second-order valence-corrected chi connectivity index (χ2v) is 4.58. The SMILES string of the molecule is COc1ccc(Oc2ccc(N)c(C)n2)c(Br)c1. The number of nitrogens with two attached hydrogens (primary N) is 1. The van der Waals surface area contributed by atoms with Gasteiger partial charge in [-0.05, 0) is 47.1 Å². The minimum Gasteiger partial charge on any atom is -0.497 e. The number of methoxy groups -OCH3 is 1. The first-order valence-electron chi connectivity index (χ1n) is 5.34. The molecule has 0 atom stereocenters. The summed E-state index contributed by atoms with van der Waals surface area (Å²) < 4.78 is 11.6. The molecule has 2 N–H and O–H groups in total. The predicted octanol–water partition coefficient (Wildman–Crippen LogP) is 3.54. The van der Waals surface area contributed by atoms with Crippen molar-refractivity contribution < 1.29 is 9.47 Å². The van der Waals surface area contributed by atoms with Gasteiger partial charge >= 0.3 is 0 Å². The van der Waals surface area contributed by atoms with E-state index in [1.807, 2.05) is 25.1 Å². The molecule has 2 aromatic rings. The van der Waals surface area contributed by atoms with Crippen LogP contribution in [-0.4, -0.2) is 12.1 Å². The van der Waals surface area contributed by atoms with Crippen molar-refractivity contribution in [2.75, 3.05) is 12.8 Å². The molecule has 0 saturated carbocycles. The summed E-state index contributed by atoms with van der Waals surface area (Å²) in [4.78, 5) is 4.25. The van der Waals surface area contributed by atoms with Gasteiger partial charge in [0.2, 0.25) is 5.88 Å². The summed E-state index contributed by atoms with van der Waals surface area (Å²) >= 11 is 3.42. The normalized spacial score (nSPS) is 10.2. The van der Waals surface area contributed by atoms with E-state index in [0.717, 1.165) is 15.9 Å². The third kappa shape index (κ3) is 2.73. The number of ether oxygens (including phenoxy) is 2. The molecule has 0 aliphatic rings. The van der Waals surface area contributed by atoms with Crippen molar-refractivity contribution in [2.24, 2.45) is 0 Å². The number of hydrogen-bond acceptors (Lipinski definition) is 4. The number of aromatic nitrogens is 1. The van der Waals surface area contributed by atoms with Crippen molar-refractivity contribution in [1.29, 1.82) is 0 Å². The molecule has 0 spiro atoms. The largest absolute Gasteiger partial charge is 0.497 e. The molecule has 0 aliphatic carbocycles. The maximum atomic E-state index is 5.71. The minimum atomic E-state index is 0.507. The van der Waals surface area contributed by atoms with Crippen molar-refractivity contribution in [1.82, 2.24) is 4.98 Å². The Labute approximate surface area is 114 Å². The number of rotatable bonds is 3. The summed E-state index contributed by atoms with van der Waals surface area (Å²) in [5.41, 5.74) is 7.10. The van der Waals surface area contributed by atoms with Crippen LogP contribution in [0.4, 0.5) is 5.69 Å². The number of aryl methyl sites for hydroxylation is 1. The number of nitrogen functional groups attached to an aromatic ring is 1. The van der Waals surface area contributed by atoms with Crippen LogP contribution in [0.25, 0.3) is 0 Å². The lowest BCUT2D eigenvalue weighted by atomic mass is 10.3. The molecule has 0 unspecified atom stereocenters. The second-order valence-electron chi connectivity index (χ2n) is 3.72. The van der Waals surface area contributed by atoms with Crippen LogP contribution in [0.3, 0.4) is 0 Å². The Morgan fingerprint density at radius 1 is 1.22 bits per heavy atom. The van der Waals surface area contributed by atoms with Crippen molar-refractivity contribution in [3.63, 3.8) is 0 Å². The fraction of sp³-hybridized carbons (Fsp3) is 0.154. The van der Waals surface area contributed by atoms with E-state index >= 15 is 0 Å². The van der Waals surface area contributed by atoms with Gasteiger partial charge in [-0.25, -0.2) is 4.98 Å². The molecule has 0 fully saturated rings. The average Bonchev–Trinajstić information content (AvgIpc) is 2.36. The van der Waals surface area contributed by atoms with Crippen LogP contribution in [0.15, 0.2) is 34.8 Å². The highest BCUT2D eigenvalue weighted by atomic mass is 79.9. The highest BCUT2D eigenvalue weighted by molar-refractivity contribution is 9.10. The molecule has 1 aromatic carbocycles. The Morgan fingerprint density at radius 2 is 2.00 bits per heavy atom. The third-order valence-electron chi connectivity index (χ3n) is 2.45. The number of pyridine rings is 1. The zero-order valence-corrected chi connectivity index (χ0v) is 11.7. The van der Waals surface area contributed by atoms with E-state index in [4.69, 9.17) is 15.2 Å². The minimum absolute atomic E-state index is 0.507. The lowest BCUT2D eigenvalue weighted by molar-refractivity contribution is 0.411. The summed E-state index contributed by atoms with van der Waals surface area (Å²) in [7, 11) is 1.62. The lowest BCUT2D eigenvalue weighted by Gasteiger charge is -2.09. The Balaban J connectivity index is 2.25. The molecule has 2 rings (SSSR count). The lowest BCUT2D eigenvalue weighted by Crippen LogP contribution is -1.95. The Kier molecular flexibility index (Phi) is 3.72. The van der Waals surface area contributed by atoms with Crippen LogP contribution in [0.2, 0.25) is 0 Å². The number of benzene rings is 1. The van der Waals surface area contributed by atoms with Crippen molar-refractivity contribution in [2.45, 2.75) is 6.92 Å². The first-order valence-corrected chi connectivity index (χ1v) is 6.14. The van der Waals surface area contributed by atoms with Gasteiger partial charge in [0.1, 0.15) is 11.5 Å². The molecule has 1 heterocycles. The molecule has 1 aromatic heterocycles. The highest BCUT2D eigenvalue weighted by Crippen LogP contribution is 2.32. The van der Waals surface area contributed by atoms with Gasteiger partial charge in [0.25, 0.3) is 0 Å². The van der Waals surface area contributed by atoms with E-state index in [1.54, 1.807) is 19.2 Å². The smallest absolute Gasteiger partial charge is 0.219 e. The van der Waals surface area contributed by atoms with Gasteiger partial charge in [0.05, 0.1) is 23.0 Å². The first-order chi connectivity index (χ1) is 8.60. The van der Waals surface area contributed by atoms with Gasteiger partial charge in [-0.2, -0.15) is 0 Å². The molecule has 18 heavy (non-hydrogen) atoms. The van der Waals surface area contributed by atoms with Crippen molar-refractivity contribution >= 4 is 21.6 Å². The topological polar surface area (TPSA) is 57.4 Å². The molecule has 0 radical (unpaired) electrons. The van der Waals surface area contributed by atoms with Crippen LogP contribution in [0, 0.1) is 6.92 Å². The zero-order valence-electron chi connectivity index (χ0n) is 10.1. The fourth-order valence-electron chi connectivity index (χ4n) is 1.41. The molecule has 0 amide bonds. The number of hydrogen-bond donors (Lipinski definition) is 1. The predicted molar refractivity (Wildman–Crippen MR) is 74.2 cm³/mol. The van der Waals surface area contributed by atoms with Gasteiger partial charge in [0, 0.05) is 6.07 Å². The Bertz CT molecular complexity index is 573. The van der Waals surface area contributed by atoms with E-state index < -0.39 is 0 Å². The van der Waals surface area contributed by atoms with Crippen LogP contribution in [0.1, 0.15) is 5.69 Å². The molecular formula is C13H13BrN2O2. The van der Waals surface area contributed by atoms with Gasteiger partial charge in [-0.15, -0.1) is 0 Å². The summed E-state index contributed by atoms with van der Waals surface area (Å²) in [5, 5.41) is 0. The van der Waals surface area contributed by atoms with E-state index in [1.165, 1.54) is 0 Å². The summed E-state index contributed by atoms with van der Waals surface area (Å²) in [6.45, 7) is 1.84. The number of nitrogens with zero attached hydrogens (tertiary/aromatic N) is 1. The van der Waals surface area contributed by atoms with E-state index in [0.29, 0.717) is 17.3 Å². The van der Waals surface area contributed by atoms with Crippen LogP contribution < -0.4 is 15.2 Å². The summed E-state index contributed by atoms with van der Waals surface area (Å²) in [5.74, 6) is 1.94. The number of halogens is 1. The molecule has 4 nitrogen and oxygen atoms in total. The standard InChI is InChI=1S/C13H13BrN2O2/c1-8-11(15)4-6-13(16-8)18-12-5-3-9(17-2)7-10(12)14/h3-7H,15H2,1-2H3. The summed E-state index contributed by atoms with van der Waals surface area (Å²) in [6.07, 6.45) is 0. The van der Waals surface area contributed by atoms with E-state index in [-0.39, 0.29) is 0 Å². The van der Waals surface area contributed by atoms with Gasteiger partial charge in [-0.3, -0.25) is 0 Å². The Hall–Kier alpha value is -1.75. The molecule has 0 aliphatic heterocycles. The fourth-order valence-corrected chi connectivity index (χ4v) is 1.85. The van der Waals surface area contributed by atoms with Crippen LogP contribution >= 0.6 is 15.9 Å².